The molecular formula is C15H20N2O3. The first-order chi connectivity index (χ1) is 9.69. The monoisotopic (exact) mass is 276 g/mol. The van der Waals surface area contributed by atoms with Crippen LogP contribution in [0, 0.1) is 5.92 Å². The van der Waals surface area contributed by atoms with Crippen LogP contribution in [-0.4, -0.2) is 32.2 Å². The Bertz CT molecular complexity index is 496. The van der Waals surface area contributed by atoms with Gasteiger partial charge in [0.15, 0.2) is 0 Å². The quantitative estimate of drug-likeness (QED) is 0.880. The van der Waals surface area contributed by atoms with Crippen LogP contribution in [0.25, 0.3) is 0 Å². The van der Waals surface area contributed by atoms with Gasteiger partial charge in [0.25, 0.3) is 0 Å². The lowest BCUT2D eigenvalue weighted by molar-refractivity contribution is -0.120. The maximum atomic E-state index is 12.4. The van der Waals surface area contributed by atoms with Gasteiger partial charge in [0.2, 0.25) is 5.91 Å². The lowest BCUT2D eigenvalue weighted by atomic mass is 9.88. The third kappa shape index (κ3) is 2.45. The Hall–Kier alpha value is -1.75. The maximum Gasteiger partial charge on any atom is 0.229 e. The minimum absolute atomic E-state index is 0.0749. The van der Waals surface area contributed by atoms with E-state index in [1.54, 1.807) is 32.4 Å². The van der Waals surface area contributed by atoms with Crippen LogP contribution >= 0.6 is 0 Å². The fourth-order valence-electron chi connectivity index (χ4n) is 3.23. The summed E-state index contributed by atoms with van der Waals surface area (Å²) in [6.07, 6.45) is 3.24. The number of hydrogen-bond donors (Lipinski definition) is 2. The van der Waals surface area contributed by atoms with Crippen molar-refractivity contribution >= 4 is 11.6 Å². The topological polar surface area (TPSA) is 59.6 Å². The van der Waals surface area contributed by atoms with Gasteiger partial charge in [0.1, 0.15) is 11.5 Å². The highest BCUT2D eigenvalue weighted by molar-refractivity contribution is 5.93. The first-order valence-electron chi connectivity index (χ1n) is 6.99. The summed E-state index contributed by atoms with van der Waals surface area (Å²) in [5.41, 5.74) is 0.717. The fourth-order valence-corrected chi connectivity index (χ4v) is 3.23. The van der Waals surface area contributed by atoms with Crippen LogP contribution in [0.3, 0.4) is 0 Å². The van der Waals surface area contributed by atoms with Crippen molar-refractivity contribution in [3.8, 4) is 11.5 Å². The second-order valence-corrected chi connectivity index (χ2v) is 5.48. The summed E-state index contributed by atoms with van der Waals surface area (Å²) in [4.78, 5) is 12.4. The van der Waals surface area contributed by atoms with Gasteiger partial charge >= 0.3 is 0 Å². The van der Waals surface area contributed by atoms with E-state index in [-0.39, 0.29) is 11.8 Å². The Balaban J connectivity index is 1.72. The van der Waals surface area contributed by atoms with Gasteiger partial charge < -0.3 is 20.1 Å². The summed E-state index contributed by atoms with van der Waals surface area (Å²) < 4.78 is 10.4. The highest BCUT2D eigenvalue weighted by atomic mass is 16.5. The molecule has 1 amide bonds. The van der Waals surface area contributed by atoms with Crippen molar-refractivity contribution < 1.29 is 14.3 Å². The number of anilines is 1. The number of nitrogens with one attached hydrogen (secondary N) is 2. The van der Waals surface area contributed by atoms with E-state index in [0.29, 0.717) is 29.3 Å². The molecule has 0 saturated carbocycles. The SMILES string of the molecule is COc1cc(NC(=O)C2CC3CCC2N3)cc(OC)c1. The lowest BCUT2D eigenvalue weighted by Gasteiger charge is -2.19. The van der Waals surface area contributed by atoms with E-state index >= 15 is 0 Å². The summed E-state index contributed by atoms with van der Waals surface area (Å²) in [5, 5.41) is 6.46. The molecule has 2 aliphatic rings. The van der Waals surface area contributed by atoms with Gasteiger partial charge in [-0.2, -0.15) is 0 Å². The van der Waals surface area contributed by atoms with Gasteiger partial charge in [-0.05, 0) is 19.3 Å². The van der Waals surface area contributed by atoms with Crippen LogP contribution in [0.2, 0.25) is 0 Å². The van der Waals surface area contributed by atoms with E-state index < -0.39 is 0 Å². The summed E-state index contributed by atoms with van der Waals surface area (Å²) in [6, 6.07) is 6.26. The number of rotatable bonds is 4. The van der Waals surface area contributed by atoms with E-state index in [4.69, 9.17) is 9.47 Å². The van der Waals surface area contributed by atoms with Crippen LogP contribution in [-0.2, 0) is 4.79 Å². The zero-order valence-electron chi connectivity index (χ0n) is 11.8. The first-order valence-corrected chi connectivity index (χ1v) is 6.99. The molecule has 5 heteroatoms. The van der Waals surface area contributed by atoms with Crippen molar-refractivity contribution in [2.45, 2.75) is 31.3 Å². The first kappa shape index (κ1) is 13.2. The molecule has 20 heavy (non-hydrogen) atoms. The third-order valence-corrected chi connectivity index (χ3v) is 4.26. The summed E-state index contributed by atoms with van der Waals surface area (Å²) in [7, 11) is 3.19. The molecule has 108 valence electrons. The zero-order chi connectivity index (χ0) is 14.1. The van der Waals surface area contributed by atoms with Gasteiger partial charge in [0.05, 0.1) is 20.1 Å². The number of hydrogen-bond acceptors (Lipinski definition) is 4. The second kappa shape index (κ2) is 5.32. The normalized spacial score (nSPS) is 27.4. The van der Waals surface area contributed by atoms with Gasteiger partial charge in [0, 0.05) is 36.0 Å². The zero-order valence-corrected chi connectivity index (χ0v) is 11.8. The van der Waals surface area contributed by atoms with Crippen molar-refractivity contribution in [3.63, 3.8) is 0 Å². The average Bonchev–Trinajstić information content (AvgIpc) is 3.09. The third-order valence-electron chi connectivity index (χ3n) is 4.26. The Morgan fingerprint density at radius 2 is 1.90 bits per heavy atom. The minimum atomic E-state index is 0.0749. The molecule has 2 fully saturated rings. The average molecular weight is 276 g/mol. The molecule has 2 heterocycles. The number of amides is 1. The fraction of sp³-hybridized carbons (Fsp3) is 0.533. The molecule has 0 spiro atoms. The number of carbonyl (C=O) groups is 1. The number of ether oxygens (including phenoxy) is 2. The number of methoxy groups -OCH3 is 2. The molecule has 2 aliphatic heterocycles. The molecule has 0 aromatic heterocycles. The Kier molecular flexibility index (Phi) is 3.53. The predicted octanol–water partition coefficient (Wildman–Crippen LogP) is 1.78. The number of fused-ring (bicyclic) bond motifs is 2. The van der Waals surface area contributed by atoms with Crippen molar-refractivity contribution in [2.24, 2.45) is 5.92 Å². The molecule has 3 rings (SSSR count). The molecule has 2 N–H and O–H groups in total. The van der Waals surface area contributed by atoms with E-state index in [9.17, 15) is 4.79 Å². The second-order valence-electron chi connectivity index (χ2n) is 5.48. The van der Waals surface area contributed by atoms with E-state index in [2.05, 4.69) is 10.6 Å². The number of benzene rings is 1. The molecule has 3 unspecified atom stereocenters. The molecule has 2 bridgehead atoms. The molecule has 1 aromatic carbocycles. The summed E-state index contributed by atoms with van der Waals surface area (Å²) in [6.45, 7) is 0. The summed E-state index contributed by atoms with van der Waals surface area (Å²) >= 11 is 0. The predicted molar refractivity (Wildman–Crippen MR) is 76.2 cm³/mol. The molecule has 0 radical (unpaired) electrons. The van der Waals surface area contributed by atoms with Gasteiger partial charge in [-0.1, -0.05) is 0 Å². The molecule has 1 aromatic rings. The Morgan fingerprint density at radius 3 is 2.40 bits per heavy atom. The molecular weight excluding hydrogens is 256 g/mol. The van der Waals surface area contributed by atoms with Crippen LogP contribution in [0.5, 0.6) is 11.5 Å². The van der Waals surface area contributed by atoms with Crippen molar-refractivity contribution in [2.75, 3.05) is 19.5 Å². The van der Waals surface area contributed by atoms with Crippen molar-refractivity contribution in [1.82, 2.24) is 5.32 Å². The van der Waals surface area contributed by atoms with E-state index in [0.717, 1.165) is 12.8 Å². The number of carbonyl (C=O) groups excluding carboxylic acids is 1. The largest absolute Gasteiger partial charge is 0.497 e. The standard InChI is InChI=1S/C15H20N2O3/c1-19-11-5-10(6-12(8-11)20-2)17-15(18)13-7-9-3-4-14(13)16-9/h5-6,8-9,13-14,16H,3-4,7H2,1-2H3,(H,17,18). The van der Waals surface area contributed by atoms with Gasteiger partial charge in [-0.15, -0.1) is 0 Å². The Labute approximate surface area is 118 Å². The molecule has 0 aliphatic carbocycles. The minimum Gasteiger partial charge on any atom is -0.497 e. The molecule has 2 saturated heterocycles. The van der Waals surface area contributed by atoms with Crippen molar-refractivity contribution in [1.29, 1.82) is 0 Å². The van der Waals surface area contributed by atoms with Gasteiger partial charge in [-0.3, -0.25) is 4.79 Å². The Morgan fingerprint density at radius 1 is 1.20 bits per heavy atom. The van der Waals surface area contributed by atoms with Crippen molar-refractivity contribution in [3.05, 3.63) is 18.2 Å². The van der Waals surface area contributed by atoms with Crippen LogP contribution in [0.4, 0.5) is 5.69 Å². The summed E-state index contributed by atoms with van der Waals surface area (Å²) in [5.74, 6) is 1.50. The van der Waals surface area contributed by atoms with Crippen LogP contribution < -0.4 is 20.1 Å². The molecule has 5 nitrogen and oxygen atoms in total. The lowest BCUT2D eigenvalue weighted by Crippen LogP contribution is -2.32. The van der Waals surface area contributed by atoms with Crippen LogP contribution in [0.1, 0.15) is 19.3 Å². The highest BCUT2D eigenvalue weighted by Gasteiger charge is 2.42. The van der Waals surface area contributed by atoms with E-state index in [1.807, 2.05) is 0 Å². The smallest absolute Gasteiger partial charge is 0.229 e. The maximum absolute atomic E-state index is 12.4. The van der Waals surface area contributed by atoms with Crippen LogP contribution in [0.15, 0.2) is 18.2 Å². The molecule has 3 atom stereocenters. The van der Waals surface area contributed by atoms with E-state index in [1.165, 1.54) is 6.42 Å². The van der Waals surface area contributed by atoms with Gasteiger partial charge in [-0.25, -0.2) is 0 Å². The highest BCUT2D eigenvalue weighted by Crippen LogP contribution is 2.34.